The lowest BCUT2D eigenvalue weighted by Crippen LogP contribution is -2.22. The topological polar surface area (TPSA) is 55.1 Å². The van der Waals surface area contributed by atoms with Crippen molar-refractivity contribution >= 4 is 5.91 Å². The average molecular weight is 212 g/mol. The van der Waals surface area contributed by atoms with Crippen LogP contribution in [0.1, 0.15) is 25.7 Å². The number of hydrogen-bond acceptors (Lipinski definition) is 2. The van der Waals surface area contributed by atoms with Gasteiger partial charge in [-0.2, -0.15) is 13.2 Å². The summed E-state index contributed by atoms with van der Waals surface area (Å²) in [5, 5.41) is 2.64. The molecule has 0 saturated carbocycles. The smallest absolute Gasteiger partial charge is 0.370 e. The zero-order chi connectivity index (χ0) is 11.0. The van der Waals surface area contributed by atoms with Gasteiger partial charge in [0, 0.05) is 13.0 Å². The van der Waals surface area contributed by atoms with Gasteiger partial charge in [-0.05, 0) is 19.4 Å². The Morgan fingerprint density at radius 3 is 2.36 bits per heavy atom. The molecule has 0 saturated heterocycles. The molecule has 0 radical (unpaired) electrons. The molecule has 0 aromatic rings. The van der Waals surface area contributed by atoms with Gasteiger partial charge in [-0.3, -0.25) is 4.79 Å². The maximum atomic E-state index is 11.6. The minimum atomic E-state index is -4.10. The third kappa shape index (κ3) is 11.2. The highest BCUT2D eigenvalue weighted by Gasteiger charge is 2.25. The van der Waals surface area contributed by atoms with Crippen LogP contribution in [0.4, 0.5) is 13.2 Å². The molecule has 0 unspecified atom stereocenters. The number of nitrogens with two attached hydrogens (primary N) is 1. The third-order valence-electron chi connectivity index (χ3n) is 1.61. The van der Waals surface area contributed by atoms with Crippen LogP contribution in [0.2, 0.25) is 0 Å². The van der Waals surface area contributed by atoms with E-state index in [1.54, 1.807) is 0 Å². The summed E-state index contributed by atoms with van der Waals surface area (Å²) in [6, 6.07) is 0. The molecule has 3 N–H and O–H groups in total. The summed E-state index contributed by atoms with van der Waals surface area (Å²) < 4.78 is 34.9. The van der Waals surface area contributed by atoms with Crippen LogP contribution in [0.25, 0.3) is 0 Å². The molecule has 0 heterocycles. The molecule has 3 nitrogen and oxygen atoms in total. The standard InChI is InChI=1S/C8H15F3N2O/c9-8(10,11)4-6-13-5-2-1-3-7(12)14/h13H,1-6H2,(H2,12,14). The molecule has 0 bridgehead atoms. The fourth-order valence-corrected chi connectivity index (χ4v) is 0.904. The summed E-state index contributed by atoms with van der Waals surface area (Å²) in [5.74, 6) is -0.375. The Bertz CT molecular complexity index is 170. The lowest BCUT2D eigenvalue weighted by atomic mass is 10.2. The van der Waals surface area contributed by atoms with Crippen molar-refractivity contribution in [2.45, 2.75) is 31.9 Å². The second-order valence-electron chi connectivity index (χ2n) is 3.04. The van der Waals surface area contributed by atoms with Crippen LogP contribution in [0, 0.1) is 0 Å². The predicted molar refractivity (Wildman–Crippen MR) is 46.6 cm³/mol. The Labute approximate surface area is 80.8 Å². The van der Waals surface area contributed by atoms with E-state index in [1.807, 2.05) is 0 Å². The number of alkyl halides is 3. The van der Waals surface area contributed by atoms with Gasteiger partial charge in [0.25, 0.3) is 0 Å². The van der Waals surface area contributed by atoms with Crippen LogP contribution in [0.5, 0.6) is 0 Å². The summed E-state index contributed by atoms with van der Waals surface area (Å²) >= 11 is 0. The van der Waals surface area contributed by atoms with E-state index < -0.39 is 12.6 Å². The Morgan fingerprint density at radius 2 is 1.86 bits per heavy atom. The van der Waals surface area contributed by atoms with Gasteiger partial charge < -0.3 is 11.1 Å². The van der Waals surface area contributed by atoms with Crippen molar-refractivity contribution in [2.24, 2.45) is 5.73 Å². The fraction of sp³-hybridized carbons (Fsp3) is 0.875. The SMILES string of the molecule is NC(=O)CCCCNCCC(F)(F)F. The van der Waals surface area contributed by atoms with Crippen molar-refractivity contribution in [3.05, 3.63) is 0 Å². The number of unbranched alkanes of at least 4 members (excludes halogenated alkanes) is 1. The van der Waals surface area contributed by atoms with Crippen molar-refractivity contribution in [1.29, 1.82) is 0 Å². The number of rotatable bonds is 7. The molecule has 0 spiro atoms. The van der Waals surface area contributed by atoms with Gasteiger partial charge in [0.15, 0.2) is 0 Å². The molecule has 0 aliphatic heterocycles. The molecule has 0 aliphatic carbocycles. The van der Waals surface area contributed by atoms with Crippen molar-refractivity contribution in [2.75, 3.05) is 13.1 Å². The number of halogens is 3. The molecule has 0 atom stereocenters. The van der Waals surface area contributed by atoms with Crippen molar-refractivity contribution in [3.8, 4) is 0 Å². The van der Waals surface area contributed by atoms with Crippen LogP contribution in [-0.4, -0.2) is 25.2 Å². The lowest BCUT2D eigenvalue weighted by molar-refractivity contribution is -0.133. The van der Waals surface area contributed by atoms with E-state index in [2.05, 4.69) is 5.32 Å². The van der Waals surface area contributed by atoms with E-state index in [0.29, 0.717) is 25.8 Å². The number of amides is 1. The monoisotopic (exact) mass is 212 g/mol. The molecule has 0 aromatic carbocycles. The highest BCUT2D eigenvalue weighted by atomic mass is 19.4. The molecule has 6 heteroatoms. The third-order valence-corrected chi connectivity index (χ3v) is 1.61. The second-order valence-corrected chi connectivity index (χ2v) is 3.04. The lowest BCUT2D eigenvalue weighted by Gasteiger charge is -2.06. The van der Waals surface area contributed by atoms with Gasteiger partial charge >= 0.3 is 6.18 Å². The first-order valence-electron chi connectivity index (χ1n) is 4.47. The number of carbonyl (C=O) groups is 1. The largest absolute Gasteiger partial charge is 0.390 e. The van der Waals surface area contributed by atoms with Crippen LogP contribution in [-0.2, 0) is 4.79 Å². The van der Waals surface area contributed by atoms with Crippen LogP contribution in [0.3, 0.4) is 0 Å². The minimum Gasteiger partial charge on any atom is -0.370 e. The summed E-state index contributed by atoms with van der Waals surface area (Å²) in [4.78, 5) is 10.3. The highest BCUT2D eigenvalue weighted by Crippen LogP contribution is 2.17. The van der Waals surface area contributed by atoms with Gasteiger partial charge in [-0.15, -0.1) is 0 Å². The average Bonchev–Trinajstić information content (AvgIpc) is 2.00. The van der Waals surface area contributed by atoms with Gasteiger partial charge in [0.05, 0.1) is 6.42 Å². The Kier molecular flexibility index (Phi) is 6.27. The van der Waals surface area contributed by atoms with Crippen LogP contribution >= 0.6 is 0 Å². The molecule has 0 aromatic heterocycles. The van der Waals surface area contributed by atoms with Gasteiger partial charge in [-0.1, -0.05) is 0 Å². The maximum Gasteiger partial charge on any atom is 0.390 e. The zero-order valence-corrected chi connectivity index (χ0v) is 7.86. The predicted octanol–water partition coefficient (Wildman–Crippen LogP) is 1.18. The van der Waals surface area contributed by atoms with Crippen molar-refractivity contribution in [1.82, 2.24) is 5.32 Å². The Balaban J connectivity index is 3.11. The molecule has 14 heavy (non-hydrogen) atoms. The molecule has 0 aliphatic rings. The fourth-order valence-electron chi connectivity index (χ4n) is 0.904. The van der Waals surface area contributed by atoms with E-state index in [-0.39, 0.29) is 12.5 Å². The first kappa shape index (κ1) is 13.2. The molecule has 0 fully saturated rings. The van der Waals surface area contributed by atoms with Crippen LogP contribution in [0.15, 0.2) is 0 Å². The number of hydrogen-bond donors (Lipinski definition) is 2. The maximum absolute atomic E-state index is 11.6. The molecule has 0 rings (SSSR count). The minimum absolute atomic E-state index is 0.0694. The second kappa shape index (κ2) is 6.64. The summed E-state index contributed by atoms with van der Waals surface area (Å²) in [6.07, 6.45) is -3.33. The van der Waals surface area contributed by atoms with Gasteiger partial charge in [0.2, 0.25) is 5.91 Å². The molecular formula is C8H15F3N2O. The van der Waals surface area contributed by atoms with E-state index in [9.17, 15) is 18.0 Å². The van der Waals surface area contributed by atoms with E-state index in [0.717, 1.165) is 0 Å². The van der Waals surface area contributed by atoms with E-state index in [4.69, 9.17) is 5.73 Å². The number of carbonyl (C=O) groups excluding carboxylic acids is 1. The first-order valence-corrected chi connectivity index (χ1v) is 4.47. The molecular weight excluding hydrogens is 197 g/mol. The normalized spacial score (nSPS) is 11.6. The van der Waals surface area contributed by atoms with Gasteiger partial charge in [0.1, 0.15) is 0 Å². The zero-order valence-electron chi connectivity index (χ0n) is 7.86. The summed E-state index contributed by atoms with van der Waals surface area (Å²) in [5.41, 5.74) is 4.88. The summed E-state index contributed by atoms with van der Waals surface area (Å²) in [6.45, 7) is 0.420. The summed E-state index contributed by atoms with van der Waals surface area (Å²) in [7, 11) is 0. The van der Waals surface area contributed by atoms with Crippen LogP contribution < -0.4 is 11.1 Å². The Morgan fingerprint density at radius 1 is 1.21 bits per heavy atom. The quantitative estimate of drug-likeness (QED) is 0.623. The van der Waals surface area contributed by atoms with E-state index >= 15 is 0 Å². The number of nitrogens with one attached hydrogen (secondary N) is 1. The molecule has 1 amide bonds. The van der Waals surface area contributed by atoms with Crippen molar-refractivity contribution in [3.63, 3.8) is 0 Å². The first-order chi connectivity index (χ1) is 6.42. The number of primary amides is 1. The highest BCUT2D eigenvalue weighted by molar-refractivity contribution is 5.73. The van der Waals surface area contributed by atoms with Gasteiger partial charge in [-0.25, -0.2) is 0 Å². The van der Waals surface area contributed by atoms with Crippen molar-refractivity contribution < 1.29 is 18.0 Å². The Hall–Kier alpha value is -0.780. The molecule has 84 valence electrons. The van der Waals surface area contributed by atoms with E-state index in [1.165, 1.54) is 0 Å².